The molecular weight excluding hydrogens is 246 g/mol. The molecule has 0 rings (SSSR count). The molecule has 0 aromatic heterocycles. The van der Waals surface area contributed by atoms with Gasteiger partial charge in [-0.3, -0.25) is 4.79 Å². The lowest BCUT2D eigenvalue weighted by Crippen LogP contribution is -2.42. The Morgan fingerprint density at radius 1 is 1.11 bits per heavy atom. The molecule has 0 aromatic rings. The van der Waals surface area contributed by atoms with E-state index in [-0.39, 0.29) is 24.5 Å². The van der Waals surface area contributed by atoms with E-state index in [1.54, 1.807) is 11.8 Å². The van der Waals surface area contributed by atoms with Gasteiger partial charge in [-0.1, -0.05) is 20.8 Å². The molecular formula is C14H27NO4. The van der Waals surface area contributed by atoms with Gasteiger partial charge in [0, 0.05) is 12.6 Å². The van der Waals surface area contributed by atoms with Gasteiger partial charge in [0.2, 0.25) is 0 Å². The third-order valence-electron chi connectivity index (χ3n) is 2.53. The summed E-state index contributed by atoms with van der Waals surface area (Å²) in [4.78, 5) is 25.0. The molecule has 0 fully saturated rings. The van der Waals surface area contributed by atoms with Gasteiger partial charge in [0.05, 0.1) is 19.6 Å². The molecule has 0 saturated heterocycles. The van der Waals surface area contributed by atoms with Crippen LogP contribution in [0.1, 0.15) is 47.5 Å². The summed E-state index contributed by atoms with van der Waals surface area (Å²) in [6, 6.07) is -0.217. The smallest absolute Gasteiger partial charge is 0.410 e. The topological polar surface area (TPSA) is 55.8 Å². The Morgan fingerprint density at radius 2 is 1.74 bits per heavy atom. The monoisotopic (exact) mass is 273 g/mol. The van der Waals surface area contributed by atoms with Crippen LogP contribution in [0.15, 0.2) is 0 Å². The molecule has 0 N–H and O–H groups in total. The Kier molecular flexibility index (Phi) is 9.00. The van der Waals surface area contributed by atoms with Crippen molar-refractivity contribution in [1.82, 2.24) is 4.90 Å². The molecule has 1 atom stereocenters. The molecule has 0 heterocycles. The number of amides is 1. The number of nitrogens with zero attached hydrogens (tertiary/aromatic N) is 1. The van der Waals surface area contributed by atoms with Crippen LogP contribution in [0.2, 0.25) is 0 Å². The van der Waals surface area contributed by atoms with E-state index >= 15 is 0 Å². The van der Waals surface area contributed by atoms with E-state index in [4.69, 9.17) is 9.47 Å². The average Bonchev–Trinajstić information content (AvgIpc) is 2.33. The second kappa shape index (κ2) is 9.64. The van der Waals surface area contributed by atoms with Crippen LogP contribution in [0.4, 0.5) is 4.79 Å². The van der Waals surface area contributed by atoms with Crippen LogP contribution >= 0.6 is 0 Å². The van der Waals surface area contributed by atoms with Gasteiger partial charge >= 0.3 is 12.1 Å². The molecule has 5 nitrogen and oxygen atoms in total. The zero-order valence-electron chi connectivity index (χ0n) is 12.8. The summed E-state index contributed by atoms with van der Waals surface area (Å²) < 4.78 is 10.1. The summed E-state index contributed by atoms with van der Waals surface area (Å²) in [5.41, 5.74) is 0. The van der Waals surface area contributed by atoms with Gasteiger partial charge in [-0.15, -0.1) is 0 Å². The molecule has 5 heteroatoms. The first kappa shape index (κ1) is 17.7. The van der Waals surface area contributed by atoms with Gasteiger partial charge < -0.3 is 14.4 Å². The van der Waals surface area contributed by atoms with E-state index in [9.17, 15) is 9.59 Å². The molecule has 0 saturated carbocycles. The Labute approximate surface area is 116 Å². The van der Waals surface area contributed by atoms with Crippen molar-refractivity contribution in [3.8, 4) is 0 Å². The SMILES string of the molecule is CCCOC(=O)CC(C)N(CC(C)C)C(=O)OCC. The number of rotatable bonds is 8. The van der Waals surface area contributed by atoms with Crippen LogP contribution in [-0.4, -0.2) is 42.8 Å². The minimum atomic E-state index is -0.369. The number of carbonyl (C=O) groups excluding carboxylic acids is 2. The maximum absolute atomic E-state index is 11.9. The van der Waals surface area contributed by atoms with Crippen LogP contribution in [-0.2, 0) is 14.3 Å². The number of esters is 1. The second-order valence-electron chi connectivity index (χ2n) is 5.02. The summed E-state index contributed by atoms with van der Waals surface area (Å²) in [6.07, 6.45) is 0.631. The third kappa shape index (κ3) is 7.70. The maximum Gasteiger partial charge on any atom is 0.410 e. The number of carbonyl (C=O) groups is 2. The lowest BCUT2D eigenvalue weighted by molar-refractivity contribution is -0.144. The lowest BCUT2D eigenvalue weighted by Gasteiger charge is -2.29. The number of hydrogen-bond acceptors (Lipinski definition) is 4. The zero-order valence-corrected chi connectivity index (χ0v) is 12.8. The van der Waals surface area contributed by atoms with E-state index in [0.29, 0.717) is 25.7 Å². The van der Waals surface area contributed by atoms with Crippen LogP contribution in [0, 0.1) is 5.92 Å². The summed E-state index contributed by atoms with van der Waals surface area (Å²) in [5.74, 6) is 0.0472. The van der Waals surface area contributed by atoms with Crippen molar-refractivity contribution in [2.45, 2.75) is 53.5 Å². The fourth-order valence-electron chi connectivity index (χ4n) is 1.66. The molecule has 0 radical (unpaired) electrons. The van der Waals surface area contributed by atoms with Crippen LogP contribution in [0.5, 0.6) is 0 Å². The van der Waals surface area contributed by atoms with Crippen LogP contribution in [0.3, 0.4) is 0 Å². The summed E-state index contributed by atoms with van der Waals surface area (Å²) in [5, 5.41) is 0. The fourth-order valence-corrected chi connectivity index (χ4v) is 1.66. The first-order valence-electron chi connectivity index (χ1n) is 7.01. The first-order chi connectivity index (χ1) is 8.92. The maximum atomic E-state index is 11.9. The Morgan fingerprint density at radius 3 is 2.21 bits per heavy atom. The molecule has 0 aromatic carbocycles. The van der Waals surface area contributed by atoms with E-state index in [2.05, 4.69) is 0 Å². The molecule has 19 heavy (non-hydrogen) atoms. The zero-order chi connectivity index (χ0) is 14.8. The quantitative estimate of drug-likeness (QED) is 0.638. The first-order valence-corrected chi connectivity index (χ1v) is 7.01. The van der Waals surface area contributed by atoms with Crippen molar-refractivity contribution in [1.29, 1.82) is 0 Å². The fraction of sp³-hybridized carbons (Fsp3) is 0.857. The molecule has 0 bridgehead atoms. The Balaban J connectivity index is 4.48. The van der Waals surface area contributed by atoms with Gasteiger partial charge in [0.25, 0.3) is 0 Å². The number of ether oxygens (including phenoxy) is 2. The molecule has 0 aliphatic rings. The summed E-state index contributed by atoms with van der Waals surface area (Å²) >= 11 is 0. The molecule has 0 aliphatic carbocycles. The predicted octanol–water partition coefficient (Wildman–Crippen LogP) is 2.83. The standard InChI is InChI=1S/C14H27NO4/c1-6-8-19-13(16)9-12(5)15(10-11(3)4)14(17)18-7-2/h11-12H,6-10H2,1-5H3. The Bertz CT molecular complexity index is 279. The summed E-state index contributed by atoms with van der Waals surface area (Å²) in [7, 11) is 0. The van der Waals surface area contributed by atoms with Gasteiger partial charge in [0.1, 0.15) is 0 Å². The van der Waals surface area contributed by atoms with E-state index < -0.39 is 0 Å². The molecule has 112 valence electrons. The van der Waals surface area contributed by atoms with Gasteiger partial charge in [-0.2, -0.15) is 0 Å². The largest absolute Gasteiger partial charge is 0.466 e. The van der Waals surface area contributed by atoms with Gasteiger partial charge in [-0.25, -0.2) is 4.79 Å². The highest BCUT2D eigenvalue weighted by Crippen LogP contribution is 2.11. The Hall–Kier alpha value is -1.26. The third-order valence-corrected chi connectivity index (χ3v) is 2.53. The lowest BCUT2D eigenvalue weighted by atomic mass is 10.1. The van der Waals surface area contributed by atoms with Gasteiger partial charge in [-0.05, 0) is 26.2 Å². The van der Waals surface area contributed by atoms with Crippen molar-refractivity contribution in [2.24, 2.45) is 5.92 Å². The van der Waals surface area contributed by atoms with Crippen LogP contribution < -0.4 is 0 Å². The summed E-state index contributed by atoms with van der Waals surface area (Å²) in [6.45, 7) is 10.9. The molecule has 0 aliphatic heterocycles. The molecule has 0 spiro atoms. The van der Waals surface area contributed by atoms with Crippen LogP contribution in [0.25, 0.3) is 0 Å². The number of hydrogen-bond donors (Lipinski definition) is 0. The minimum absolute atomic E-state index is 0.200. The molecule has 1 amide bonds. The second-order valence-corrected chi connectivity index (χ2v) is 5.02. The molecule has 1 unspecified atom stereocenters. The van der Waals surface area contributed by atoms with E-state index in [0.717, 1.165) is 6.42 Å². The van der Waals surface area contributed by atoms with Gasteiger partial charge in [0.15, 0.2) is 0 Å². The van der Waals surface area contributed by atoms with E-state index in [1.165, 1.54) is 0 Å². The minimum Gasteiger partial charge on any atom is -0.466 e. The highest BCUT2D eigenvalue weighted by atomic mass is 16.6. The van der Waals surface area contributed by atoms with Crippen molar-refractivity contribution in [3.05, 3.63) is 0 Å². The van der Waals surface area contributed by atoms with Crippen molar-refractivity contribution in [3.63, 3.8) is 0 Å². The predicted molar refractivity (Wildman–Crippen MR) is 73.9 cm³/mol. The average molecular weight is 273 g/mol. The van der Waals surface area contributed by atoms with Crippen molar-refractivity contribution >= 4 is 12.1 Å². The normalized spacial score (nSPS) is 12.1. The van der Waals surface area contributed by atoms with Crippen molar-refractivity contribution in [2.75, 3.05) is 19.8 Å². The van der Waals surface area contributed by atoms with E-state index in [1.807, 2.05) is 27.7 Å². The highest BCUT2D eigenvalue weighted by Gasteiger charge is 2.24. The highest BCUT2D eigenvalue weighted by molar-refractivity contribution is 5.72. The van der Waals surface area contributed by atoms with Crippen molar-refractivity contribution < 1.29 is 19.1 Å².